The first-order valence-corrected chi connectivity index (χ1v) is 7.49. The van der Waals surface area contributed by atoms with Crippen LogP contribution in [0.4, 0.5) is 5.69 Å². The topological polar surface area (TPSA) is 72.5 Å². The van der Waals surface area contributed by atoms with Crippen LogP contribution >= 0.6 is 0 Å². The monoisotopic (exact) mass is 271 g/mol. The van der Waals surface area contributed by atoms with Crippen LogP contribution in [0.2, 0.25) is 0 Å². The lowest BCUT2D eigenvalue weighted by Gasteiger charge is -2.11. The van der Waals surface area contributed by atoms with E-state index in [0.717, 1.165) is 6.26 Å². The van der Waals surface area contributed by atoms with Crippen molar-refractivity contribution in [3.05, 3.63) is 23.8 Å². The third-order valence-corrected chi connectivity index (χ3v) is 2.72. The van der Waals surface area contributed by atoms with E-state index in [2.05, 4.69) is 5.32 Å². The number of carbonyl (C=O) groups excluding carboxylic acids is 1. The number of rotatable bonds is 6. The van der Waals surface area contributed by atoms with Crippen LogP contribution in [0.15, 0.2) is 18.2 Å². The summed E-state index contributed by atoms with van der Waals surface area (Å²) in [7, 11) is -3.56. The van der Waals surface area contributed by atoms with Crippen molar-refractivity contribution >= 4 is 21.6 Å². The molecule has 1 N–H and O–H groups in total. The Bertz CT molecular complexity index is 537. The van der Waals surface area contributed by atoms with Crippen molar-refractivity contribution in [3.63, 3.8) is 0 Å². The highest BCUT2D eigenvalue weighted by atomic mass is 32.2. The molecule has 0 heterocycles. The molecule has 0 saturated heterocycles. The van der Waals surface area contributed by atoms with Crippen LogP contribution in [0.5, 0.6) is 5.75 Å². The minimum absolute atomic E-state index is 0.00291. The van der Waals surface area contributed by atoms with E-state index < -0.39 is 10.1 Å². The number of ketones is 1. The maximum absolute atomic E-state index is 11.7. The van der Waals surface area contributed by atoms with Gasteiger partial charge in [0.15, 0.2) is 5.78 Å². The van der Waals surface area contributed by atoms with Gasteiger partial charge >= 0.3 is 10.1 Å². The van der Waals surface area contributed by atoms with Gasteiger partial charge in [-0.05, 0) is 19.1 Å². The van der Waals surface area contributed by atoms with E-state index in [4.69, 9.17) is 4.18 Å². The zero-order valence-electron chi connectivity index (χ0n) is 10.7. The molecule has 0 aliphatic rings. The minimum atomic E-state index is -3.56. The molecule has 0 unspecified atom stereocenters. The molecule has 0 amide bonds. The predicted molar refractivity (Wildman–Crippen MR) is 70.7 cm³/mol. The lowest BCUT2D eigenvalue weighted by Crippen LogP contribution is -2.09. The molecule has 1 aromatic rings. The van der Waals surface area contributed by atoms with Gasteiger partial charge in [0.2, 0.25) is 0 Å². The van der Waals surface area contributed by atoms with E-state index in [1.807, 2.05) is 6.92 Å². The van der Waals surface area contributed by atoms with Crippen molar-refractivity contribution in [1.82, 2.24) is 0 Å². The second-order valence-corrected chi connectivity index (χ2v) is 5.38. The lowest BCUT2D eigenvalue weighted by molar-refractivity contribution is 0.0989. The summed E-state index contributed by atoms with van der Waals surface area (Å²) < 4.78 is 26.8. The fraction of sp³-hybridized carbons (Fsp3) is 0.417. The number of hydrogen-bond donors (Lipinski definition) is 1. The Kier molecular flexibility index (Phi) is 4.72. The Hall–Kier alpha value is -1.56. The highest BCUT2D eigenvalue weighted by molar-refractivity contribution is 7.86. The fourth-order valence-corrected chi connectivity index (χ4v) is 1.97. The summed E-state index contributed by atoms with van der Waals surface area (Å²) >= 11 is 0. The number of nitrogens with one attached hydrogen (secondary N) is 1. The van der Waals surface area contributed by atoms with Crippen molar-refractivity contribution in [2.45, 2.75) is 20.3 Å². The van der Waals surface area contributed by atoms with Crippen molar-refractivity contribution in [3.8, 4) is 5.75 Å². The highest BCUT2D eigenvalue weighted by Crippen LogP contribution is 2.24. The van der Waals surface area contributed by atoms with Crippen molar-refractivity contribution in [1.29, 1.82) is 0 Å². The average molecular weight is 271 g/mol. The molecule has 1 rings (SSSR count). The van der Waals surface area contributed by atoms with E-state index >= 15 is 0 Å². The van der Waals surface area contributed by atoms with Crippen LogP contribution in [-0.4, -0.2) is 27.0 Å². The maximum atomic E-state index is 11.7. The number of anilines is 1. The molecule has 0 atom stereocenters. The molecule has 0 saturated carbocycles. The number of Topliss-reactive ketones (excluding diaryl/α,β-unsaturated/α-hetero) is 1. The summed E-state index contributed by atoms with van der Waals surface area (Å²) in [5.41, 5.74) is 1.13. The molecule has 0 aliphatic heterocycles. The third kappa shape index (κ3) is 4.03. The molecule has 0 aliphatic carbocycles. The van der Waals surface area contributed by atoms with Crippen LogP contribution in [-0.2, 0) is 10.1 Å². The SMILES string of the molecule is CCNc1cc(OS(C)(=O)=O)ccc1C(=O)CC. The third-order valence-electron chi connectivity index (χ3n) is 2.23. The number of benzene rings is 1. The molecule has 0 fully saturated rings. The summed E-state index contributed by atoms with van der Waals surface area (Å²) in [6.07, 6.45) is 1.37. The predicted octanol–water partition coefficient (Wildman–Crippen LogP) is 2.05. The Morgan fingerprint density at radius 2 is 2.00 bits per heavy atom. The largest absolute Gasteiger partial charge is 0.385 e. The molecule has 0 aromatic heterocycles. The van der Waals surface area contributed by atoms with Crippen molar-refractivity contribution < 1.29 is 17.4 Å². The van der Waals surface area contributed by atoms with Crippen molar-refractivity contribution in [2.24, 2.45) is 0 Å². The van der Waals surface area contributed by atoms with Crippen molar-refractivity contribution in [2.75, 3.05) is 18.1 Å². The van der Waals surface area contributed by atoms with Crippen LogP contribution in [0.1, 0.15) is 30.6 Å². The standard InChI is InChI=1S/C12H17NO4S/c1-4-12(14)10-7-6-9(17-18(3,15)16)8-11(10)13-5-2/h6-8,13H,4-5H2,1-3H3. The molecule has 0 spiro atoms. The first-order valence-electron chi connectivity index (χ1n) is 5.68. The van der Waals surface area contributed by atoms with Gasteiger partial charge in [-0.25, -0.2) is 0 Å². The van der Waals surface area contributed by atoms with Gasteiger partial charge in [0.1, 0.15) is 5.75 Å². The van der Waals surface area contributed by atoms with E-state index in [1.54, 1.807) is 13.0 Å². The summed E-state index contributed by atoms with van der Waals surface area (Å²) in [4.78, 5) is 11.7. The molecular weight excluding hydrogens is 254 g/mol. The van der Waals surface area contributed by atoms with Gasteiger partial charge in [0.25, 0.3) is 0 Å². The molecule has 18 heavy (non-hydrogen) atoms. The van der Waals surface area contributed by atoms with Crippen LogP contribution in [0.3, 0.4) is 0 Å². The number of hydrogen-bond acceptors (Lipinski definition) is 5. The first kappa shape index (κ1) is 14.5. The first-order chi connectivity index (χ1) is 8.37. The van der Waals surface area contributed by atoms with E-state index in [-0.39, 0.29) is 11.5 Å². The van der Waals surface area contributed by atoms with E-state index in [1.165, 1.54) is 12.1 Å². The van der Waals surface area contributed by atoms with E-state index in [9.17, 15) is 13.2 Å². The molecule has 1 aromatic carbocycles. The molecular formula is C12H17NO4S. The van der Waals surface area contributed by atoms with Gasteiger partial charge in [-0.15, -0.1) is 0 Å². The van der Waals surface area contributed by atoms with Crippen LogP contribution < -0.4 is 9.50 Å². The molecule has 100 valence electrons. The molecule has 5 nitrogen and oxygen atoms in total. The van der Waals surface area contributed by atoms with Gasteiger partial charge in [0, 0.05) is 30.3 Å². The summed E-state index contributed by atoms with van der Waals surface area (Å²) in [5, 5.41) is 3.02. The Labute approximate surface area is 107 Å². The van der Waals surface area contributed by atoms with Crippen LogP contribution in [0, 0.1) is 0 Å². The molecule has 0 bridgehead atoms. The molecule has 6 heteroatoms. The second-order valence-electron chi connectivity index (χ2n) is 3.80. The maximum Gasteiger partial charge on any atom is 0.306 e. The lowest BCUT2D eigenvalue weighted by atomic mass is 10.1. The second kappa shape index (κ2) is 5.86. The van der Waals surface area contributed by atoms with Gasteiger partial charge in [-0.2, -0.15) is 8.42 Å². The van der Waals surface area contributed by atoms with Gasteiger partial charge in [0.05, 0.1) is 6.26 Å². The number of carbonyl (C=O) groups is 1. The van der Waals surface area contributed by atoms with Crippen LogP contribution in [0.25, 0.3) is 0 Å². The minimum Gasteiger partial charge on any atom is -0.385 e. The van der Waals surface area contributed by atoms with Gasteiger partial charge < -0.3 is 9.50 Å². The Balaban J connectivity index is 3.14. The fourth-order valence-electron chi connectivity index (χ4n) is 1.52. The zero-order valence-corrected chi connectivity index (χ0v) is 11.5. The Morgan fingerprint density at radius 1 is 1.33 bits per heavy atom. The average Bonchev–Trinajstić information content (AvgIpc) is 2.27. The summed E-state index contributed by atoms with van der Waals surface area (Å²) in [6.45, 7) is 4.30. The highest BCUT2D eigenvalue weighted by Gasteiger charge is 2.12. The zero-order chi connectivity index (χ0) is 13.8. The van der Waals surface area contributed by atoms with Gasteiger partial charge in [-0.3, -0.25) is 4.79 Å². The molecule has 0 radical (unpaired) electrons. The normalized spacial score (nSPS) is 11.1. The smallest absolute Gasteiger partial charge is 0.306 e. The van der Waals surface area contributed by atoms with E-state index in [0.29, 0.717) is 24.2 Å². The quantitative estimate of drug-likeness (QED) is 0.633. The summed E-state index contributed by atoms with van der Waals surface area (Å²) in [6, 6.07) is 4.57. The Morgan fingerprint density at radius 3 is 2.50 bits per heavy atom. The summed E-state index contributed by atoms with van der Waals surface area (Å²) in [5.74, 6) is 0.193. The van der Waals surface area contributed by atoms with Gasteiger partial charge in [-0.1, -0.05) is 6.92 Å².